The molecule has 0 bridgehead atoms. The third-order valence-corrected chi connectivity index (χ3v) is 5.47. The van der Waals surface area contributed by atoms with Crippen LogP contribution in [0.15, 0.2) is 59.7 Å². The van der Waals surface area contributed by atoms with Crippen LogP contribution in [-0.2, 0) is 4.74 Å². The first-order chi connectivity index (χ1) is 16.1. The highest BCUT2D eigenvalue weighted by molar-refractivity contribution is 5.96. The molecule has 178 valence electrons. The highest BCUT2D eigenvalue weighted by atomic mass is 16.6. The van der Waals surface area contributed by atoms with Crippen molar-refractivity contribution in [2.24, 2.45) is 4.99 Å². The highest BCUT2D eigenvalue weighted by Crippen LogP contribution is 2.31. The van der Waals surface area contributed by atoms with Gasteiger partial charge in [-0.05, 0) is 50.4 Å². The molecular formula is C24H27N5O5. The Balaban J connectivity index is 1.64. The maximum absolute atomic E-state index is 12.4. The molecule has 1 fully saturated rings. The van der Waals surface area contributed by atoms with Gasteiger partial charge >= 0.3 is 11.8 Å². The van der Waals surface area contributed by atoms with Crippen LogP contribution < -0.4 is 10.4 Å². The molecule has 1 aliphatic heterocycles. The van der Waals surface area contributed by atoms with Gasteiger partial charge in [0, 0.05) is 49.5 Å². The molecule has 2 heterocycles. The van der Waals surface area contributed by atoms with E-state index in [1.165, 1.54) is 18.3 Å². The summed E-state index contributed by atoms with van der Waals surface area (Å²) >= 11 is 0. The summed E-state index contributed by atoms with van der Waals surface area (Å²) in [5, 5.41) is 23.4. The standard InChI is InChI=1S/C24H27N5O5/c1-24(2,3)34-23(30)27-14-12-26(13-15-27)20-7-4-6-17-9-10-18(16-19(17)20)25-22-21(29(32)33)8-5-11-28(22)31/h4-11,16,31H,12-15H2,1-3H3. The number of fused-ring (bicyclic) bond motifs is 1. The number of hydrogen-bond acceptors (Lipinski definition) is 7. The molecule has 0 radical (unpaired) electrons. The van der Waals surface area contributed by atoms with Gasteiger partial charge in [0.2, 0.25) is 5.49 Å². The monoisotopic (exact) mass is 465 g/mol. The van der Waals surface area contributed by atoms with Crippen LogP contribution in [0.4, 0.5) is 21.9 Å². The van der Waals surface area contributed by atoms with Crippen LogP contribution >= 0.6 is 0 Å². The maximum atomic E-state index is 12.4. The number of aromatic nitrogens is 1. The van der Waals surface area contributed by atoms with E-state index in [4.69, 9.17) is 4.74 Å². The minimum absolute atomic E-state index is 0.157. The average Bonchev–Trinajstić information content (AvgIpc) is 2.79. The largest absolute Gasteiger partial charge is 0.444 e. The molecule has 0 spiro atoms. The molecule has 4 rings (SSSR count). The molecule has 34 heavy (non-hydrogen) atoms. The van der Waals surface area contributed by atoms with Crippen molar-refractivity contribution >= 4 is 33.9 Å². The predicted molar refractivity (Wildman–Crippen MR) is 127 cm³/mol. The van der Waals surface area contributed by atoms with Gasteiger partial charge in [0.1, 0.15) is 5.60 Å². The fraction of sp³-hybridized carbons (Fsp3) is 0.333. The molecule has 0 saturated carbocycles. The number of nitro groups is 1. The van der Waals surface area contributed by atoms with Crippen LogP contribution in [0.5, 0.6) is 0 Å². The molecule has 0 atom stereocenters. The van der Waals surface area contributed by atoms with E-state index < -0.39 is 10.5 Å². The van der Waals surface area contributed by atoms with E-state index in [-0.39, 0.29) is 17.3 Å². The number of piperazine rings is 1. The van der Waals surface area contributed by atoms with E-state index in [0.29, 0.717) is 36.6 Å². The van der Waals surface area contributed by atoms with Crippen molar-refractivity contribution in [3.8, 4) is 0 Å². The summed E-state index contributed by atoms with van der Waals surface area (Å²) in [6.07, 6.45) is 0.982. The first-order valence-corrected chi connectivity index (χ1v) is 11.0. The van der Waals surface area contributed by atoms with Gasteiger partial charge in [-0.15, -0.1) is 0 Å². The van der Waals surface area contributed by atoms with E-state index >= 15 is 0 Å². The van der Waals surface area contributed by atoms with Gasteiger partial charge in [-0.2, -0.15) is 4.73 Å². The quantitative estimate of drug-likeness (QED) is 0.354. The molecule has 0 unspecified atom stereocenters. The van der Waals surface area contributed by atoms with Gasteiger partial charge in [0.25, 0.3) is 0 Å². The van der Waals surface area contributed by atoms with Crippen molar-refractivity contribution < 1.29 is 19.7 Å². The number of pyridine rings is 1. The molecule has 1 amide bonds. The van der Waals surface area contributed by atoms with E-state index in [2.05, 4.69) is 9.89 Å². The Morgan fingerprint density at radius 1 is 1.09 bits per heavy atom. The van der Waals surface area contributed by atoms with Crippen LogP contribution in [0.2, 0.25) is 0 Å². The lowest BCUT2D eigenvalue weighted by atomic mass is 10.1. The molecule has 3 aromatic rings. The second-order valence-electron chi connectivity index (χ2n) is 9.07. The molecule has 1 aliphatic rings. The molecular weight excluding hydrogens is 438 g/mol. The average molecular weight is 466 g/mol. The third kappa shape index (κ3) is 4.95. The zero-order chi connectivity index (χ0) is 24.5. The fourth-order valence-electron chi connectivity index (χ4n) is 3.90. The van der Waals surface area contributed by atoms with Crippen molar-refractivity contribution in [2.45, 2.75) is 26.4 Å². The number of rotatable bonds is 3. The molecule has 10 heteroatoms. The Morgan fingerprint density at radius 3 is 2.50 bits per heavy atom. The minimum atomic E-state index is -0.581. The van der Waals surface area contributed by atoms with Gasteiger partial charge in [-0.1, -0.05) is 18.2 Å². The number of nitrogens with zero attached hydrogens (tertiary/aromatic N) is 5. The van der Waals surface area contributed by atoms with Crippen LogP contribution in [0.25, 0.3) is 10.8 Å². The molecule has 0 aliphatic carbocycles. The van der Waals surface area contributed by atoms with Crippen LogP contribution in [0, 0.1) is 10.1 Å². The predicted octanol–water partition coefficient (Wildman–Crippen LogP) is 4.08. The molecule has 2 aromatic carbocycles. The van der Waals surface area contributed by atoms with E-state index in [9.17, 15) is 20.1 Å². The number of carbonyl (C=O) groups excluding carboxylic acids is 1. The van der Waals surface area contributed by atoms with Crippen molar-refractivity contribution in [1.82, 2.24) is 9.63 Å². The van der Waals surface area contributed by atoms with E-state index in [1.54, 1.807) is 11.0 Å². The number of carbonyl (C=O) groups is 1. The first-order valence-electron chi connectivity index (χ1n) is 11.0. The van der Waals surface area contributed by atoms with Gasteiger partial charge in [0.15, 0.2) is 0 Å². The Hall–Kier alpha value is -4.08. The lowest BCUT2D eigenvalue weighted by Crippen LogP contribution is -2.50. The Morgan fingerprint density at radius 2 is 1.82 bits per heavy atom. The SMILES string of the molecule is CC(C)(C)OC(=O)N1CCN(c2cccc3ccc(N=c4c([N+](=O)[O-])cccn4O)cc23)CC1. The second-order valence-corrected chi connectivity index (χ2v) is 9.07. The number of hydrogen-bond donors (Lipinski definition) is 1. The zero-order valence-electron chi connectivity index (χ0n) is 19.3. The van der Waals surface area contributed by atoms with Crippen LogP contribution in [0.3, 0.4) is 0 Å². The zero-order valence-corrected chi connectivity index (χ0v) is 19.3. The summed E-state index contributed by atoms with van der Waals surface area (Å²) in [6, 6.07) is 14.1. The summed E-state index contributed by atoms with van der Waals surface area (Å²) in [5.41, 5.74) is 0.471. The molecule has 10 nitrogen and oxygen atoms in total. The highest BCUT2D eigenvalue weighted by Gasteiger charge is 2.26. The second kappa shape index (κ2) is 9.05. The first kappa shape index (κ1) is 23.1. The van der Waals surface area contributed by atoms with Gasteiger partial charge in [0.05, 0.1) is 10.6 Å². The summed E-state index contributed by atoms with van der Waals surface area (Å²) in [7, 11) is 0. The number of amides is 1. The minimum Gasteiger partial charge on any atom is -0.444 e. The number of anilines is 1. The number of ether oxygens (including phenoxy) is 1. The Bertz CT molecular complexity index is 1300. The Kier molecular flexibility index (Phi) is 6.14. The summed E-state index contributed by atoms with van der Waals surface area (Å²) in [5.74, 6) is 0. The topological polar surface area (TPSA) is 113 Å². The van der Waals surface area contributed by atoms with Gasteiger partial charge in [-0.25, -0.2) is 9.79 Å². The van der Waals surface area contributed by atoms with Crippen molar-refractivity contribution in [2.75, 3.05) is 31.1 Å². The Labute approximate surface area is 196 Å². The number of benzene rings is 2. The van der Waals surface area contributed by atoms with Crippen LogP contribution in [0.1, 0.15) is 20.8 Å². The van der Waals surface area contributed by atoms with Gasteiger partial charge < -0.3 is 19.7 Å². The van der Waals surface area contributed by atoms with Crippen molar-refractivity contribution in [1.29, 1.82) is 0 Å². The van der Waals surface area contributed by atoms with E-state index in [0.717, 1.165) is 16.5 Å². The lowest BCUT2D eigenvalue weighted by molar-refractivity contribution is -0.387. The summed E-state index contributed by atoms with van der Waals surface area (Å²) < 4.78 is 6.13. The molecule has 1 saturated heterocycles. The lowest BCUT2D eigenvalue weighted by Gasteiger charge is -2.37. The third-order valence-electron chi connectivity index (χ3n) is 5.47. The van der Waals surface area contributed by atoms with Crippen molar-refractivity contribution in [3.63, 3.8) is 0 Å². The normalized spacial score (nSPS) is 15.0. The van der Waals surface area contributed by atoms with Crippen LogP contribution in [-0.4, -0.2) is 57.6 Å². The van der Waals surface area contributed by atoms with E-state index in [1.807, 2.05) is 51.1 Å². The smallest absolute Gasteiger partial charge is 0.410 e. The van der Waals surface area contributed by atoms with Gasteiger partial charge in [-0.3, -0.25) is 10.1 Å². The summed E-state index contributed by atoms with van der Waals surface area (Å²) in [6.45, 7) is 7.90. The molecule has 1 N–H and O–H groups in total. The summed E-state index contributed by atoms with van der Waals surface area (Å²) in [4.78, 5) is 31.4. The molecule has 1 aromatic heterocycles. The maximum Gasteiger partial charge on any atom is 0.410 e. The fourth-order valence-corrected chi connectivity index (χ4v) is 3.90. The van der Waals surface area contributed by atoms with Crippen molar-refractivity contribution in [3.05, 3.63) is 70.3 Å².